The Hall–Kier alpha value is -0.460. The molecule has 6 heteroatoms. The van der Waals surface area contributed by atoms with Gasteiger partial charge in [0.05, 0.1) is 16.5 Å². The second-order valence-corrected chi connectivity index (χ2v) is 9.57. The van der Waals surface area contributed by atoms with Crippen molar-refractivity contribution in [3.63, 3.8) is 0 Å². The highest BCUT2D eigenvalue weighted by Crippen LogP contribution is 2.44. The number of rotatable bonds is 4. The van der Waals surface area contributed by atoms with Gasteiger partial charge in [-0.2, -0.15) is 0 Å². The van der Waals surface area contributed by atoms with Crippen LogP contribution >= 0.6 is 11.3 Å². The van der Waals surface area contributed by atoms with E-state index >= 15 is 0 Å². The highest BCUT2D eigenvalue weighted by Gasteiger charge is 2.51. The van der Waals surface area contributed by atoms with Crippen molar-refractivity contribution in [1.82, 2.24) is 10.3 Å². The Morgan fingerprint density at radius 3 is 2.50 bits per heavy atom. The van der Waals surface area contributed by atoms with E-state index in [1.807, 2.05) is 13.8 Å². The van der Waals surface area contributed by atoms with Crippen LogP contribution in [0.25, 0.3) is 0 Å². The molecule has 2 rings (SSSR count). The zero-order chi connectivity index (χ0) is 15.1. The van der Waals surface area contributed by atoms with Crippen LogP contribution in [0.1, 0.15) is 48.7 Å². The van der Waals surface area contributed by atoms with Crippen molar-refractivity contribution in [3.8, 4) is 0 Å². The number of nitrogens with one attached hydrogen (secondary N) is 1. The zero-order valence-corrected chi connectivity index (χ0v) is 14.5. The summed E-state index contributed by atoms with van der Waals surface area (Å²) in [6, 6.07) is 0.224. The Morgan fingerprint density at radius 1 is 1.40 bits per heavy atom. The molecule has 20 heavy (non-hydrogen) atoms. The van der Waals surface area contributed by atoms with E-state index in [4.69, 9.17) is 0 Å². The standard InChI is InChI=1S/C14H24N2O2S2/c1-9(2)16-14(13-15-10(3)11(4)19-13)8-6-7-12(14)20(5,17)18/h9,12,16H,6-8H2,1-5H3. The lowest BCUT2D eigenvalue weighted by Crippen LogP contribution is -2.53. The first-order valence-electron chi connectivity index (χ1n) is 7.08. The number of hydrogen-bond donors (Lipinski definition) is 1. The van der Waals surface area contributed by atoms with Gasteiger partial charge in [-0.25, -0.2) is 13.4 Å². The van der Waals surface area contributed by atoms with Gasteiger partial charge in [0.15, 0.2) is 9.84 Å². The fourth-order valence-corrected chi connectivity index (χ4v) is 6.05. The fourth-order valence-electron chi connectivity index (χ4n) is 3.20. The number of aryl methyl sites for hydroxylation is 2. The number of sulfone groups is 1. The Bertz CT molecular complexity index is 573. The molecule has 0 radical (unpaired) electrons. The minimum Gasteiger partial charge on any atom is -0.302 e. The van der Waals surface area contributed by atoms with Crippen molar-refractivity contribution >= 4 is 21.2 Å². The maximum atomic E-state index is 12.2. The molecule has 0 aromatic carbocycles. The van der Waals surface area contributed by atoms with Crippen molar-refractivity contribution in [2.45, 2.75) is 63.8 Å². The van der Waals surface area contributed by atoms with E-state index in [1.54, 1.807) is 11.3 Å². The smallest absolute Gasteiger partial charge is 0.152 e. The second-order valence-electron chi connectivity index (χ2n) is 6.14. The van der Waals surface area contributed by atoms with Crippen LogP contribution in [0.5, 0.6) is 0 Å². The summed E-state index contributed by atoms with van der Waals surface area (Å²) in [4.78, 5) is 5.84. The van der Waals surface area contributed by atoms with Gasteiger partial charge in [0.2, 0.25) is 0 Å². The van der Waals surface area contributed by atoms with Gasteiger partial charge in [0, 0.05) is 17.2 Å². The van der Waals surface area contributed by atoms with Crippen LogP contribution in [0.2, 0.25) is 0 Å². The first-order chi connectivity index (χ1) is 9.17. The highest BCUT2D eigenvalue weighted by atomic mass is 32.2. The summed E-state index contributed by atoms with van der Waals surface area (Å²) in [5, 5.41) is 4.10. The third kappa shape index (κ3) is 2.78. The van der Waals surface area contributed by atoms with Crippen LogP contribution in [0.3, 0.4) is 0 Å². The Morgan fingerprint density at radius 2 is 2.05 bits per heavy atom. The largest absolute Gasteiger partial charge is 0.302 e. The van der Waals surface area contributed by atoms with Gasteiger partial charge in [-0.3, -0.25) is 0 Å². The van der Waals surface area contributed by atoms with E-state index in [2.05, 4.69) is 24.1 Å². The molecular weight excluding hydrogens is 292 g/mol. The Balaban J connectivity index is 2.56. The first-order valence-corrected chi connectivity index (χ1v) is 9.85. The summed E-state index contributed by atoms with van der Waals surface area (Å²) in [7, 11) is -3.10. The van der Waals surface area contributed by atoms with Crippen molar-refractivity contribution in [2.75, 3.05) is 6.26 Å². The van der Waals surface area contributed by atoms with E-state index < -0.39 is 15.4 Å². The van der Waals surface area contributed by atoms with E-state index in [0.717, 1.165) is 30.0 Å². The van der Waals surface area contributed by atoms with E-state index in [-0.39, 0.29) is 11.3 Å². The molecule has 0 saturated heterocycles. The predicted octanol–water partition coefficient (Wildman–Crippen LogP) is 2.55. The third-order valence-electron chi connectivity index (χ3n) is 4.06. The van der Waals surface area contributed by atoms with E-state index in [9.17, 15) is 8.42 Å². The van der Waals surface area contributed by atoms with Crippen LogP contribution in [-0.4, -0.2) is 30.9 Å². The van der Waals surface area contributed by atoms with Gasteiger partial charge in [-0.15, -0.1) is 11.3 Å². The molecule has 2 unspecified atom stereocenters. The molecule has 1 heterocycles. The molecule has 1 fully saturated rings. The molecule has 0 bridgehead atoms. The summed E-state index contributed by atoms with van der Waals surface area (Å²) < 4.78 is 24.5. The van der Waals surface area contributed by atoms with Gasteiger partial charge >= 0.3 is 0 Å². The molecule has 0 aliphatic heterocycles. The summed E-state index contributed by atoms with van der Waals surface area (Å²) in [5.41, 5.74) is 0.500. The van der Waals surface area contributed by atoms with Gasteiger partial charge in [-0.1, -0.05) is 0 Å². The first kappa shape index (κ1) is 15.9. The van der Waals surface area contributed by atoms with Crippen molar-refractivity contribution < 1.29 is 8.42 Å². The summed E-state index contributed by atoms with van der Waals surface area (Å²) >= 11 is 1.63. The molecule has 1 aliphatic carbocycles. The lowest BCUT2D eigenvalue weighted by Gasteiger charge is -2.35. The van der Waals surface area contributed by atoms with Gasteiger partial charge in [-0.05, 0) is 47.0 Å². The Kier molecular flexibility index (Phi) is 4.29. The molecular formula is C14H24N2O2S2. The quantitative estimate of drug-likeness (QED) is 0.927. The van der Waals surface area contributed by atoms with Gasteiger partial charge < -0.3 is 5.32 Å². The second kappa shape index (κ2) is 5.39. The monoisotopic (exact) mass is 316 g/mol. The molecule has 114 valence electrons. The maximum absolute atomic E-state index is 12.2. The van der Waals surface area contributed by atoms with E-state index in [0.29, 0.717) is 0 Å². The predicted molar refractivity (Wildman–Crippen MR) is 84.0 cm³/mol. The van der Waals surface area contributed by atoms with Gasteiger partial charge in [0.25, 0.3) is 0 Å². The van der Waals surface area contributed by atoms with Crippen molar-refractivity contribution in [2.24, 2.45) is 0 Å². The highest BCUT2D eigenvalue weighted by molar-refractivity contribution is 7.91. The number of hydrogen-bond acceptors (Lipinski definition) is 5. The van der Waals surface area contributed by atoms with Crippen LogP contribution in [-0.2, 0) is 15.4 Å². The minimum atomic E-state index is -3.10. The molecule has 0 amide bonds. The van der Waals surface area contributed by atoms with E-state index in [1.165, 1.54) is 11.1 Å². The summed E-state index contributed by atoms with van der Waals surface area (Å²) in [6.45, 7) is 8.16. The fraction of sp³-hybridized carbons (Fsp3) is 0.786. The van der Waals surface area contributed by atoms with Crippen molar-refractivity contribution in [1.29, 1.82) is 0 Å². The zero-order valence-electron chi connectivity index (χ0n) is 12.9. The molecule has 4 nitrogen and oxygen atoms in total. The summed E-state index contributed by atoms with van der Waals surface area (Å²) in [6.07, 6.45) is 3.84. The number of nitrogens with zero attached hydrogens (tertiary/aromatic N) is 1. The molecule has 1 aromatic rings. The normalized spacial score (nSPS) is 27.4. The Labute approximate surface area is 125 Å². The SMILES string of the molecule is Cc1nc(C2(NC(C)C)CCCC2S(C)(=O)=O)sc1C. The average Bonchev–Trinajstić information content (AvgIpc) is 2.83. The van der Waals surface area contributed by atoms with Gasteiger partial charge in [0.1, 0.15) is 5.01 Å². The molecule has 1 aromatic heterocycles. The maximum Gasteiger partial charge on any atom is 0.152 e. The minimum absolute atomic E-state index is 0.224. The number of aromatic nitrogens is 1. The summed E-state index contributed by atoms with van der Waals surface area (Å²) in [5.74, 6) is 0. The molecule has 1 saturated carbocycles. The van der Waals surface area contributed by atoms with Crippen molar-refractivity contribution in [3.05, 3.63) is 15.6 Å². The number of thiazole rings is 1. The van der Waals surface area contributed by atoms with Crippen LogP contribution < -0.4 is 5.32 Å². The molecule has 1 N–H and O–H groups in total. The molecule has 0 spiro atoms. The molecule has 1 aliphatic rings. The topological polar surface area (TPSA) is 59.1 Å². The average molecular weight is 316 g/mol. The van der Waals surface area contributed by atoms with Crippen LogP contribution in [0.15, 0.2) is 0 Å². The lowest BCUT2D eigenvalue weighted by molar-refractivity contribution is 0.311. The third-order valence-corrected chi connectivity index (χ3v) is 6.98. The van der Waals surface area contributed by atoms with Crippen LogP contribution in [0, 0.1) is 13.8 Å². The lowest BCUT2D eigenvalue weighted by atomic mass is 9.96. The van der Waals surface area contributed by atoms with Crippen LogP contribution in [0.4, 0.5) is 0 Å². The molecule has 2 atom stereocenters.